The van der Waals surface area contributed by atoms with E-state index >= 15 is 0 Å². The van der Waals surface area contributed by atoms with E-state index in [9.17, 15) is 18.0 Å². The fraction of sp³-hybridized carbons (Fsp3) is 0.286. The van der Waals surface area contributed by atoms with Gasteiger partial charge in [-0.25, -0.2) is 8.42 Å². The largest absolute Gasteiger partial charge is 0.350 e. The minimum atomic E-state index is -3.89. The summed E-state index contributed by atoms with van der Waals surface area (Å²) < 4.78 is 28.9. The molecular weight excluding hydrogens is 474 g/mol. The molecule has 2 N–H and O–H groups in total. The minimum Gasteiger partial charge on any atom is -0.350 e. The zero-order valence-corrected chi connectivity index (χ0v) is 21.3. The lowest BCUT2D eigenvalue weighted by atomic mass is 9.92. The second kappa shape index (κ2) is 11.1. The average molecular weight is 506 g/mol. The van der Waals surface area contributed by atoms with Crippen LogP contribution in [-0.2, 0) is 26.0 Å². The number of nitrogens with zero attached hydrogens (tertiary/aromatic N) is 1. The van der Waals surface area contributed by atoms with Crippen molar-refractivity contribution in [2.45, 2.75) is 50.1 Å². The third-order valence-corrected chi connectivity index (χ3v) is 8.41. The Labute approximate surface area is 212 Å². The number of hydrogen-bond donors (Lipinski definition) is 2. The standard InChI is InChI=1S/C28H31N3O4S/c1-3-27(32)30-23-13-15-24(16-14-23)36(34,35)31-18-17-22-11-7-8-12-25(22)26(31)19-28(33)29-20(2)21-9-5-4-6-10-21/h4-16,20,26H,3,17-19H2,1-2H3,(H,29,33)(H,30,32)/t20-,26+/m0/s1. The van der Waals surface area contributed by atoms with Crippen molar-refractivity contribution in [3.8, 4) is 0 Å². The number of fused-ring (bicyclic) bond motifs is 1. The number of carbonyl (C=O) groups is 2. The highest BCUT2D eigenvalue weighted by atomic mass is 32.2. The van der Waals surface area contributed by atoms with Gasteiger partial charge in [0.15, 0.2) is 0 Å². The molecule has 0 aromatic heterocycles. The zero-order valence-electron chi connectivity index (χ0n) is 20.5. The molecular formula is C28H31N3O4S. The molecule has 2 amide bonds. The number of hydrogen-bond acceptors (Lipinski definition) is 4. The van der Waals surface area contributed by atoms with Crippen molar-refractivity contribution in [2.24, 2.45) is 0 Å². The summed E-state index contributed by atoms with van der Waals surface area (Å²) in [5.41, 5.74) is 3.42. The Kier molecular flexibility index (Phi) is 7.86. The first-order valence-corrected chi connectivity index (χ1v) is 13.6. The summed E-state index contributed by atoms with van der Waals surface area (Å²) >= 11 is 0. The number of anilines is 1. The molecule has 4 rings (SSSR count). The Balaban J connectivity index is 1.59. The van der Waals surface area contributed by atoms with E-state index in [2.05, 4.69) is 10.6 Å². The minimum absolute atomic E-state index is 0.0120. The highest BCUT2D eigenvalue weighted by Crippen LogP contribution is 2.36. The van der Waals surface area contributed by atoms with Crippen LogP contribution in [0, 0.1) is 0 Å². The van der Waals surface area contributed by atoms with Crippen molar-refractivity contribution in [1.29, 1.82) is 0 Å². The molecule has 3 aromatic carbocycles. The Morgan fingerprint density at radius 2 is 1.61 bits per heavy atom. The van der Waals surface area contributed by atoms with Crippen LogP contribution in [0.1, 0.15) is 55.5 Å². The Morgan fingerprint density at radius 1 is 0.944 bits per heavy atom. The fourth-order valence-corrected chi connectivity index (χ4v) is 6.13. The third kappa shape index (κ3) is 5.66. The number of nitrogens with one attached hydrogen (secondary N) is 2. The van der Waals surface area contributed by atoms with Crippen molar-refractivity contribution in [3.63, 3.8) is 0 Å². The summed E-state index contributed by atoms with van der Waals surface area (Å²) in [6, 6.07) is 22.7. The topological polar surface area (TPSA) is 95.6 Å². The second-order valence-corrected chi connectivity index (χ2v) is 10.8. The third-order valence-electron chi connectivity index (χ3n) is 6.48. The molecule has 3 aromatic rings. The van der Waals surface area contributed by atoms with Gasteiger partial charge in [-0.1, -0.05) is 61.5 Å². The number of sulfonamides is 1. The van der Waals surface area contributed by atoms with Gasteiger partial charge in [0, 0.05) is 25.1 Å². The van der Waals surface area contributed by atoms with E-state index in [0.717, 1.165) is 16.7 Å². The van der Waals surface area contributed by atoms with Crippen molar-refractivity contribution in [2.75, 3.05) is 11.9 Å². The molecule has 1 aliphatic heterocycles. The van der Waals surface area contributed by atoms with Gasteiger partial charge in [-0.05, 0) is 54.3 Å². The molecule has 1 heterocycles. The summed E-state index contributed by atoms with van der Waals surface area (Å²) in [5.74, 6) is -0.361. The molecule has 0 spiro atoms. The SMILES string of the molecule is CCC(=O)Nc1ccc(S(=O)(=O)N2CCc3ccccc3[C@H]2CC(=O)N[C@@H](C)c2ccccc2)cc1. The average Bonchev–Trinajstić information content (AvgIpc) is 2.89. The van der Waals surface area contributed by atoms with Crippen molar-refractivity contribution >= 4 is 27.5 Å². The quantitative estimate of drug-likeness (QED) is 0.468. The van der Waals surface area contributed by atoms with E-state index < -0.39 is 16.1 Å². The highest BCUT2D eigenvalue weighted by molar-refractivity contribution is 7.89. The lowest BCUT2D eigenvalue weighted by Gasteiger charge is -2.36. The lowest BCUT2D eigenvalue weighted by Crippen LogP contribution is -2.42. The van der Waals surface area contributed by atoms with Crippen LogP contribution in [0.15, 0.2) is 83.8 Å². The van der Waals surface area contributed by atoms with E-state index in [1.54, 1.807) is 19.1 Å². The summed E-state index contributed by atoms with van der Waals surface area (Å²) in [6.07, 6.45) is 0.913. The number of carbonyl (C=O) groups excluding carboxylic acids is 2. The van der Waals surface area contributed by atoms with E-state index in [-0.39, 0.29) is 35.7 Å². The molecule has 36 heavy (non-hydrogen) atoms. The van der Waals surface area contributed by atoms with Crippen LogP contribution >= 0.6 is 0 Å². The monoisotopic (exact) mass is 505 g/mol. The van der Waals surface area contributed by atoms with Crippen LogP contribution in [0.5, 0.6) is 0 Å². The van der Waals surface area contributed by atoms with Crippen LogP contribution in [-0.4, -0.2) is 31.1 Å². The van der Waals surface area contributed by atoms with Crippen LogP contribution in [0.2, 0.25) is 0 Å². The molecule has 0 bridgehead atoms. The van der Waals surface area contributed by atoms with Gasteiger partial charge >= 0.3 is 0 Å². The molecule has 188 valence electrons. The van der Waals surface area contributed by atoms with E-state index in [1.807, 2.05) is 61.5 Å². The van der Waals surface area contributed by atoms with Crippen LogP contribution in [0.3, 0.4) is 0 Å². The number of amides is 2. The van der Waals surface area contributed by atoms with Crippen LogP contribution in [0.4, 0.5) is 5.69 Å². The molecule has 0 saturated heterocycles. The van der Waals surface area contributed by atoms with Gasteiger partial charge in [0.05, 0.1) is 17.0 Å². The van der Waals surface area contributed by atoms with E-state index in [4.69, 9.17) is 0 Å². The molecule has 0 radical (unpaired) electrons. The van der Waals surface area contributed by atoms with Gasteiger partial charge in [0.2, 0.25) is 21.8 Å². The second-order valence-electron chi connectivity index (χ2n) is 8.91. The van der Waals surface area contributed by atoms with Crippen LogP contribution in [0.25, 0.3) is 0 Å². The van der Waals surface area contributed by atoms with Crippen molar-refractivity contribution in [1.82, 2.24) is 9.62 Å². The van der Waals surface area contributed by atoms with Crippen molar-refractivity contribution in [3.05, 3.63) is 95.6 Å². The van der Waals surface area contributed by atoms with Crippen molar-refractivity contribution < 1.29 is 18.0 Å². The predicted molar refractivity (Wildman–Crippen MR) is 140 cm³/mol. The molecule has 0 unspecified atom stereocenters. The number of benzene rings is 3. The Hall–Kier alpha value is -3.49. The highest BCUT2D eigenvalue weighted by Gasteiger charge is 2.37. The first-order chi connectivity index (χ1) is 17.3. The predicted octanol–water partition coefficient (Wildman–Crippen LogP) is 4.59. The first kappa shape index (κ1) is 25.6. The molecule has 1 aliphatic rings. The van der Waals surface area contributed by atoms with Gasteiger partial charge in [-0.3, -0.25) is 9.59 Å². The molecule has 2 atom stereocenters. The first-order valence-electron chi connectivity index (χ1n) is 12.1. The molecule has 0 saturated carbocycles. The Bertz CT molecular complexity index is 1320. The maximum atomic E-state index is 13.7. The van der Waals surface area contributed by atoms with Gasteiger partial charge in [-0.2, -0.15) is 4.31 Å². The summed E-state index contributed by atoms with van der Waals surface area (Å²) in [7, 11) is -3.89. The number of rotatable bonds is 8. The summed E-state index contributed by atoms with van der Waals surface area (Å²) in [4.78, 5) is 24.9. The maximum Gasteiger partial charge on any atom is 0.243 e. The zero-order chi connectivity index (χ0) is 25.7. The normalized spacial score (nSPS) is 16.6. The fourth-order valence-electron chi connectivity index (χ4n) is 4.52. The van der Waals surface area contributed by atoms with Gasteiger partial charge in [0.1, 0.15) is 0 Å². The van der Waals surface area contributed by atoms with E-state index in [0.29, 0.717) is 18.5 Å². The maximum absolute atomic E-state index is 13.7. The van der Waals surface area contributed by atoms with Gasteiger partial charge in [-0.15, -0.1) is 0 Å². The lowest BCUT2D eigenvalue weighted by molar-refractivity contribution is -0.122. The Morgan fingerprint density at radius 3 is 2.31 bits per heavy atom. The van der Waals surface area contributed by atoms with Gasteiger partial charge in [0.25, 0.3) is 0 Å². The smallest absolute Gasteiger partial charge is 0.243 e. The van der Waals surface area contributed by atoms with Crippen LogP contribution < -0.4 is 10.6 Å². The van der Waals surface area contributed by atoms with Gasteiger partial charge < -0.3 is 10.6 Å². The summed E-state index contributed by atoms with van der Waals surface area (Å²) in [5, 5.41) is 5.75. The summed E-state index contributed by atoms with van der Waals surface area (Å²) in [6.45, 7) is 3.94. The molecule has 8 heteroatoms. The molecule has 7 nitrogen and oxygen atoms in total. The molecule has 0 aliphatic carbocycles. The van der Waals surface area contributed by atoms with E-state index in [1.165, 1.54) is 16.4 Å². The molecule has 0 fully saturated rings.